The van der Waals surface area contributed by atoms with Crippen molar-refractivity contribution in [1.82, 2.24) is 15.1 Å². The quantitative estimate of drug-likeness (QED) is 0.941. The van der Waals surface area contributed by atoms with E-state index in [4.69, 9.17) is 0 Å². The van der Waals surface area contributed by atoms with Gasteiger partial charge in [0.15, 0.2) is 0 Å². The van der Waals surface area contributed by atoms with Crippen LogP contribution >= 0.6 is 15.9 Å². The van der Waals surface area contributed by atoms with Gasteiger partial charge in [0, 0.05) is 30.2 Å². The van der Waals surface area contributed by atoms with E-state index < -0.39 is 0 Å². The van der Waals surface area contributed by atoms with Gasteiger partial charge >= 0.3 is 0 Å². The summed E-state index contributed by atoms with van der Waals surface area (Å²) in [6, 6.07) is 8.84. The molecule has 1 atom stereocenters. The van der Waals surface area contributed by atoms with Crippen molar-refractivity contribution in [2.75, 3.05) is 7.05 Å². The number of benzene rings is 1. The molecule has 3 nitrogen and oxygen atoms in total. The van der Waals surface area contributed by atoms with Crippen LogP contribution in [-0.4, -0.2) is 16.8 Å². The van der Waals surface area contributed by atoms with Crippen LogP contribution in [0.3, 0.4) is 0 Å². The summed E-state index contributed by atoms with van der Waals surface area (Å²) < 4.78 is 2.99. The number of aromatic nitrogens is 2. The molecule has 18 heavy (non-hydrogen) atoms. The number of nitrogens with zero attached hydrogens (tertiary/aromatic N) is 2. The lowest BCUT2D eigenvalue weighted by Gasteiger charge is -2.16. The van der Waals surface area contributed by atoms with Gasteiger partial charge in [0.1, 0.15) is 0 Å². The third-order valence-corrected chi connectivity index (χ3v) is 4.00. The van der Waals surface area contributed by atoms with Crippen LogP contribution in [0.25, 0.3) is 0 Å². The van der Waals surface area contributed by atoms with Crippen molar-refractivity contribution in [2.45, 2.75) is 19.4 Å². The molecule has 1 N–H and O–H groups in total. The SMILES string of the molecule is CNC(Cc1ccn(C)n1)c1ccc(Br)c(C)c1. The zero-order chi connectivity index (χ0) is 13.1. The van der Waals surface area contributed by atoms with E-state index in [1.165, 1.54) is 11.1 Å². The fraction of sp³-hybridized carbons (Fsp3) is 0.357. The second-order valence-electron chi connectivity index (χ2n) is 4.53. The zero-order valence-electron chi connectivity index (χ0n) is 10.9. The third-order valence-electron chi connectivity index (χ3n) is 3.11. The van der Waals surface area contributed by atoms with Crippen molar-refractivity contribution < 1.29 is 0 Å². The molecule has 0 spiro atoms. The Morgan fingerprint density at radius 2 is 2.17 bits per heavy atom. The molecular formula is C14H18BrN3. The molecule has 0 amide bonds. The lowest BCUT2D eigenvalue weighted by Crippen LogP contribution is -2.19. The maximum atomic E-state index is 4.43. The van der Waals surface area contributed by atoms with Crippen molar-refractivity contribution in [3.63, 3.8) is 0 Å². The smallest absolute Gasteiger partial charge is 0.0643 e. The molecule has 0 saturated heterocycles. The minimum Gasteiger partial charge on any atom is -0.313 e. The Hall–Kier alpha value is -1.13. The standard InChI is InChI=1S/C14H18BrN3/c1-10-8-11(4-5-13(10)15)14(16-2)9-12-6-7-18(3)17-12/h4-8,14,16H,9H2,1-3H3. The summed E-state index contributed by atoms with van der Waals surface area (Å²) in [5.74, 6) is 0. The fourth-order valence-electron chi connectivity index (χ4n) is 2.05. The van der Waals surface area contributed by atoms with Gasteiger partial charge in [-0.1, -0.05) is 28.1 Å². The van der Waals surface area contributed by atoms with Gasteiger partial charge in [0.05, 0.1) is 5.69 Å². The highest BCUT2D eigenvalue weighted by molar-refractivity contribution is 9.10. The maximum Gasteiger partial charge on any atom is 0.0643 e. The molecule has 0 aliphatic carbocycles. The Morgan fingerprint density at radius 1 is 1.39 bits per heavy atom. The summed E-state index contributed by atoms with van der Waals surface area (Å²) >= 11 is 3.53. The summed E-state index contributed by atoms with van der Waals surface area (Å²) in [4.78, 5) is 0. The minimum atomic E-state index is 0.298. The molecule has 0 aliphatic heterocycles. The maximum absolute atomic E-state index is 4.43. The highest BCUT2D eigenvalue weighted by Gasteiger charge is 2.12. The largest absolute Gasteiger partial charge is 0.313 e. The van der Waals surface area contributed by atoms with Crippen molar-refractivity contribution >= 4 is 15.9 Å². The minimum absolute atomic E-state index is 0.298. The second kappa shape index (κ2) is 5.67. The van der Waals surface area contributed by atoms with Gasteiger partial charge in [-0.15, -0.1) is 0 Å². The number of likely N-dealkylation sites (N-methyl/N-ethyl adjacent to an activating group) is 1. The Labute approximate surface area is 116 Å². The molecule has 0 radical (unpaired) electrons. The zero-order valence-corrected chi connectivity index (χ0v) is 12.5. The molecule has 2 aromatic rings. The molecule has 2 rings (SSSR count). The van der Waals surface area contributed by atoms with Crippen molar-refractivity contribution in [3.8, 4) is 0 Å². The topological polar surface area (TPSA) is 29.9 Å². The van der Waals surface area contributed by atoms with Crippen molar-refractivity contribution in [1.29, 1.82) is 0 Å². The average molecular weight is 308 g/mol. The molecule has 96 valence electrons. The average Bonchev–Trinajstić information content (AvgIpc) is 2.75. The van der Waals surface area contributed by atoms with Crippen LogP contribution in [0.2, 0.25) is 0 Å². The first-order chi connectivity index (χ1) is 8.60. The van der Waals surface area contributed by atoms with Crippen molar-refractivity contribution in [3.05, 3.63) is 51.8 Å². The van der Waals surface area contributed by atoms with Crippen LogP contribution in [0, 0.1) is 6.92 Å². The normalized spacial score (nSPS) is 12.7. The van der Waals surface area contributed by atoms with Crippen LogP contribution in [0.1, 0.15) is 22.9 Å². The monoisotopic (exact) mass is 307 g/mol. The van der Waals surface area contributed by atoms with Crippen LogP contribution in [0.5, 0.6) is 0 Å². The van der Waals surface area contributed by atoms with Crippen LogP contribution in [0.4, 0.5) is 0 Å². The molecule has 1 heterocycles. The van der Waals surface area contributed by atoms with Gasteiger partial charge in [-0.2, -0.15) is 5.10 Å². The summed E-state index contributed by atoms with van der Waals surface area (Å²) in [7, 11) is 3.94. The first-order valence-corrected chi connectivity index (χ1v) is 6.81. The van der Waals surface area contributed by atoms with Crippen LogP contribution in [-0.2, 0) is 13.5 Å². The van der Waals surface area contributed by atoms with Gasteiger partial charge in [0.25, 0.3) is 0 Å². The molecule has 0 saturated carbocycles. The van der Waals surface area contributed by atoms with E-state index in [-0.39, 0.29) is 0 Å². The van der Waals surface area contributed by atoms with E-state index >= 15 is 0 Å². The number of hydrogen-bond donors (Lipinski definition) is 1. The fourth-order valence-corrected chi connectivity index (χ4v) is 2.30. The highest BCUT2D eigenvalue weighted by Crippen LogP contribution is 2.23. The highest BCUT2D eigenvalue weighted by atomic mass is 79.9. The van der Waals surface area contributed by atoms with Gasteiger partial charge in [-0.25, -0.2) is 0 Å². The van der Waals surface area contributed by atoms with Crippen molar-refractivity contribution in [2.24, 2.45) is 7.05 Å². The number of hydrogen-bond acceptors (Lipinski definition) is 2. The molecule has 0 bridgehead atoms. The van der Waals surface area contributed by atoms with Gasteiger partial charge in [-0.05, 0) is 37.2 Å². The van der Waals surface area contributed by atoms with E-state index in [0.29, 0.717) is 6.04 Å². The van der Waals surface area contributed by atoms with E-state index in [0.717, 1.165) is 16.6 Å². The lowest BCUT2D eigenvalue weighted by atomic mass is 10.0. The predicted molar refractivity (Wildman–Crippen MR) is 77.6 cm³/mol. The van der Waals surface area contributed by atoms with E-state index in [1.807, 2.05) is 25.0 Å². The molecule has 1 aromatic carbocycles. The van der Waals surface area contributed by atoms with E-state index in [2.05, 4.69) is 57.5 Å². The summed E-state index contributed by atoms with van der Waals surface area (Å²) in [5, 5.41) is 7.79. The van der Waals surface area contributed by atoms with E-state index in [9.17, 15) is 0 Å². The van der Waals surface area contributed by atoms with Gasteiger partial charge in [0.2, 0.25) is 0 Å². The van der Waals surface area contributed by atoms with Crippen LogP contribution < -0.4 is 5.32 Å². The molecule has 0 aliphatic rings. The number of aryl methyl sites for hydroxylation is 2. The second-order valence-corrected chi connectivity index (χ2v) is 5.39. The van der Waals surface area contributed by atoms with Gasteiger partial charge < -0.3 is 5.32 Å². The van der Waals surface area contributed by atoms with Crippen LogP contribution in [0.15, 0.2) is 34.9 Å². The number of nitrogens with one attached hydrogen (secondary N) is 1. The molecule has 0 fully saturated rings. The summed E-state index contributed by atoms with van der Waals surface area (Å²) in [6.07, 6.45) is 2.88. The van der Waals surface area contributed by atoms with E-state index in [1.54, 1.807) is 0 Å². The third kappa shape index (κ3) is 3.00. The first-order valence-electron chi connectivity index (χ1n) is 6.02. The molecular weight excluding hydrogens is 290 g/mol. The summed E-state index contributed by atoms with van der Waals surface area (Å²) in [5.41, 5.74) is 3.66. The molecule has 1 unspecified atom stereocenters. The lowest BCUT2D eigenvalue weighted by molar-refractivity contribution is 0.577. The Morgan fingerprint density at radius 3 is 2.72 bits per heavy atom. The Bertz CT molecular complexity index is 534. The molecule has 1 aromatic heterocycles. The summed E-state index contributed by atoms with van der Waals surface area (Å²) in [6.45, 7) is 2.11. The number of halogens is 1. The molecule has 4 heteroatoms. The number of rotatable bonds is 4. The Kier molecular flexibility index (Phi) is 4.19. The van der Waals surface area contributed by atoms with Gasteiger partial charge in [-0.3, -0.25) is 4.68 Å². The predicted octanol–water partition coefficient (Wildman–Crippen LogP) is 2.99. The first kappa shape index (κ1) is 13.3. The Balaban J connectivity index is 2.19.